The summed E-state index contributed by atoms with van der Waals surface area (Å²) >= 11 is 0. The van der Waals surface area contributed by atoms with Gasteiger partial charge in [0.05, 0.1) is 0 Å². The second-order valence-electron chi connectivity index (χ2n) is 10.0. The van der Waals surface area contributed by atoms with E-state index in [0.29, 0.717) is 16.6 Å². The van der Waals surface area contributed by atoms with Gasteiger partial charge in [-0.25, -0.2) is 0 Å². The molecule has 3 fully saturated rings. The topological polar surface area (TPSA) is 17.1 Å². The van der Waals surface area contributed by atoms with Gasteiger partial charge in [0.15, 0.2) is 5.78 Å². The molecular formula is C23H36O. The second-order valence-corrected chi connectivity index (χ2v) is 10.0. The first kappa shape index (κ1) is 16.9. The summed E-state index contributed by atoms with van der Waals surface area (Å²) < 4.78 is 0. The Morgan fingerprint density at radius 2 is 1.88 bits per heavy atom. The SMILES string of the molecule is CCC1C[C@@]2(C)CC[C@@H]3[C@@H](CCC4=CC(=O)CC[C@@]43C)[C@@H]2C1CC. The molecule has 2 unspecified atom stereocenters. The van der Waals surface area contributed by atoms with Crippen LogP contribution in [-0.4, -0.2) is 5.78 Å². The van der Waals surface area contributed by atoms with Crippen LogP contribution in [-0.2, 0) is 4.79 Å². The smallest absolute Gasteiger partial charge is 0.155 e. The van der Waals surface area contributed by atoms with Gasteiger partial charge in [-0.05, 0) is 85.0 Å². The highest BCUT2D eigenvalue weighted by atomic mass is 16.1. The maximum absolute atomic E-state index is 12.0. The number of carbonyl (C=O) groups is 1. The number of hydrogen-bond acceptors (Lipinski definition) is 1. The largest absolute Gasteiger partial charge is 0.295 e. The monoisotopic (exact) mass is 328 g/mol. The molecule has 0 saturated heterocycles. The lowest BCUT2D eigenvalue weighted by Crippen LogP contribution is -2.50. The van der Waals surface area contributed by atoms with E-state index in [0.717, 1.165) is 42.4 Å². The predicted molar refractivity (Wildman–Crippen MR) is 99.7 cm³/mol. The number of hydrogen-bond donors (Lipinski definition) is 0. The van der Waals surface area contributed by atoms with E-state index in [9.17, 15) is 4.79 Å². The van der Waals surface area contributed by atoms with Gasteiger partial charge in [-0.1, -0.05) is 46.1 Å². The van der Waals surface area contributed by atoms with Crippen molar-refractivity contribution < 1.29 is 4.79 Å². The van der Waals surface area contributed by atoms with Gasteiger partial charge < -0.3 is 0 Å². The van der Waals surface area contributed by atoms with E-state index < -0.39 is 0 Å². The molecule has 7 atom stereocenters. The first-order valence-corrected chi connectivity index (χ1v) is 10.7. The third-order valence-corrected chi connectivity index (χ3v) is 9.13. The van der Waals surface area contributed by atoms with Gasteiger partial charge in [0.25, 0.3) is 0 Å². The fourth-order valence-electron chi connectivity index (χ4n) is 8.03. The van der Waals surface area contributed by atoms with E-state index in [1.807, 2.05) is 6.08 Å². The van der Waals surface area contributed by atoms with Crippen LogP contribution in [0.1, 0.15) is 85.5 Å². The summed E-state index contributed by atoms with van der Waals surface area (Å²) in [6.45, 7) is 10.0. The van der Waals surface area contributed by atoms with Crippen LogP contribution in [0.15, 0.2) is 11.6 Å². The number of carbonyl (C=O) groups excluding carboxylic acids is 1. The third-order valence-electron chi connectivity index (χ3n) is 9.13. The summed E-state index contributed by atoms with van der Waals surface area (Å²) in [7, 11) is 0. The quantitative estimate of drug-likeness (QED) is 0.591. The predicted octanol–water partition coefficient (Wildman–Crippen LogP) is 6.18. The zero-order chi connectivity index (χ0) is 17.1. The van der Waals surface area contributed by atoms with Crippen molar-refractivity contribution in [1.82, 2.24) is 0 Å². The first-order valence-electron chi connectivity index (χ1n) is 10.7. The Hall–Kier alpha value is -0.590. The van der Waals surface area contributed by atoms with E-state index in [1.165, 1.54) is 50.5 Å². The van der Waals surface area contributed by atoms with Crippen LogP contribution >= 0.6 is 0 Å². The molecule has 0 amide bonds. The molecule has 134 valence electrons. The minimum absolute atomic E-state index is 0.334. The van der Waals surface area contributed by atoms with Crippen LogP contribution in [0.5, 0.6) is 0 Å². The van der Waals surface area contributed by atoms with Crippen LogP contribution in [0, 0.1) is 40.4 Å². The van der Waals surface area contributed by atoms with Crippen molar-refractivity contribution in [2.45, 2.75) is 85.5 Å². The maximum atomic E-state index is 12.0. The second kappa shape index (κ2) is 5.71. The summed E-state index contributed by atoms with van der Waals surface area (Å²) in [5.74, 6) is 5.00. The summed E-state index contributed by atoms with van der Waals surface area (Å²) in [5, 5.41) is 0. The van der Waals surface area contributed by atoms with E-state index in [4.69, 9.17) is 0 Å². The molecule has 0 aliphatic heterocycles. The molecule has 0 heterocycles. The molecular weight excluding hydrogens is 292 g/mol. The van der Waals surface area contributed by atoms with Gasteiger partial charge in [0.2, 0.25) is 0 Å². The first-order chi connectivity index (χ1) is 11.4. The highest BCUT2D eigenvalue weighted by Crippen LogP contribution is 2.68. The number of allylic oxidation sites excluding steroid dienone is 1. The number of fused-ring (bicyclic) bond motifs is 5. The minimum atomic E-state index is 0.334. The lowest BCUT2D eigenvalue weighted by Gasteiger charge is -2.58. The van der Waals surface area contributed by atoms with Crippen LogP contribution < -0.4 is 0 Å². The van der Waals surface area contributed by atoms with Crippen molar-refractivity contribution in [3.05, 3.63) is 11.6 Å². The maximum Gasteiger partial charge on any atom is 0.155 e. The van der Waals surface area contributed by atoms with Gasteiger partial charge >= 0.3 is 0 Å². The van der Waals surface area contributed by atoms with Crippen molar-refractivity contribution >= 4 is 5.78 Å². The molecule has 24 heavy (non-hydrogen) atoms. The normalized spacial score (nSPS) is 50.8. The molecule has 3 saturated carbocycles. The van der Waals surface area contributed by atoms with Gasteiger partial charge in [0.1, 0.15) is 0 Å². The molecule has 0 aromatic heterocycles. The van der Waals surface area contributed by atoms with E-state index in [1.54, 1.807) is 0 Å². The zero-order valence-electron chi connectivity index (χ0n) is 16.2. The van der Waals surface area contributed by atoms with Gasteiger partial charge in [-0.3, -0.25) is 4.79 Å². The Bertz CT molecular complexity index is 560. The molecule has 0 radical (unpaired) electrons. The lowest BCUT2D eigenvalue weighted by atomic mass is 9.46. The molecule has 4 aliphatic carbocycles. The van der Waals surface area contributed by atoms with Crippen LogP contribution in [0.2, 0.25) is 0 Å². The highest BCUT2D eigenvalue weighted by molar-refractivity contribution is 5.91. The van der Waals surface area contributed by atoms with Gasteiger partial charge in [0, 0.05) is 6.42 Å². The standard InChI is InChI=1S/C23H36O/c1-5-15-14-22(3)11-10-20-19(21(22)18(15)6-2)8-7-16-13-17(24)9-12-23(16,20)4/h13,15,18-21H,5-12,14H2,1-4H3/t15?,18?,19-,20-,21+,22-,23+/m1/s1. The summed E-state index contributed by atoms with van der Waals surface area (Å²) in [5.41, 5.74) is 2.45. The minimum Gasteiger partial charge on any atom is -0.295 e. The molecule has 0 N–H and O–H groups in total. The van der Waals surface area contributed by atoms with E-state index in [2.05, 4.69) is 27.7 Å². The van der Waals surface area contributed by atoms with Crippen molar-refractivity contribution in [2.75, 3.05) is 0 Å². The Morgan fingerprint density at radius 3 is 2.58 bits per heavy atom. The summed E-state index contributed by atoms with van der Waals surface area (Å²) in [6, 6.07) is 0. The Morgan fingerprint density at radius 1 is 1.08 bits per heavy atom. The fourth-order valence-corrected chi connectivity index (χ4v) is 8.03. The number of ketones is 1. The Balaban J connectivity index is 1.70. The van der Waals surface area contributed by atoms with E-state index >= 15 is 0 Å². The van der Waals surface area contributed by atoms with Crippen molar-refractivity contribution in [2.24, 2.45) is 40.4 Å². The molecule has 0 aromatic rings. The molecule has 0 aromatic carbocycles. The van der Waals surface area contributed by atoms with Crippen LogP contribution in [0.3, 0.4) is 0 Å². The molecule has 1 heteroatoms. The average molecular weight is 329 g/mol. The van der Waals surface area contributed by atoms with Crippen molar-refractivity contribution in [1.29, 1.82) is 0 Å². The highest BCUT2D eigenvalue weighted by Gasteiger charge is 2.60. The zero-order valence-corrected chi connectivity index (χ0v) is 16.2. The van der Waals surface area contributed by atoms with Gasteiger partial charge in [-0.2, -0.15) is 0 Å². The molecule has 4 aliphatic rings. The van der Waals surface area contributed by atoms with Crippen molar-refractivity contribution in [3.8, 4) is 0 Å². The molecule has 1 nitrogen and oxygen atoms in total. The molecule has 0 bridgehead atoms. The van der Waals surface area contributed by atoms with Gasteiger partial charge in [-0.15, -0.1) is 0 Å². The summed E-state index contributed by atoms with van der Waals surface area (Å²) in [6.07, 6.45) is 13.6. The van der Waals surface area contributed by atoms with Crippen molar-refractivity contribution in [3.63, 3.8) is 0 Å². The molecule has 0 spiro atoms. The Labute approximate surface area is 148 Å². The third kappa shape index (κ3) is 2.22. The lowest BCUT2D eigenvalue weighted by molar-refractivity contribution is -0.117. The fraction of sp³-hybridized carbons (Fsp3) is 0.870. The average Bonchev–Trinajstić information content (AvgIpc) is 2.87. The van der Waals surface area contributed by atoms with Crippen LogP contribution in [0.25, 0.3) is 0 Å². The Kier molecular flexibility index (Phi) is 4.01. The van der Waals surface area contributed by atoms with E-state index in [-0.39, 0.29) is 0 Å². The summed E-state index contributed by atoms with van der Waals surface area (Å²) in [4.78, 5) is 12.0. The number of rotatable bonds is 2. The van der Waals surface area contributed by atoms with Crippen LogP contribution in [0.4, 0.5) is 0 Å². The molecule has 4 rings (SSSR count).